The van der Waals surface area contributed by atoms with Crippen molar-refractivity contribution in [2.45, 2.75) is 46.5 Å². The molecule has 2 nitrogen and oxygen atoms in total. The fourth-order valence-electron chi connectivity index (χ4n) is 3.69. The molecule has 1 aromatic rings. The van der Waals surface area contributed by atoms with Gasteiger partial charge in [0.2, 0.25) is 0 Å². The second-order valence-corrected chi connectivity index (χ2v) is 8.66. The van der Waals surface area contributed by atoms with Crippen molar-refractivity contribution >= 4 is 23.5 Å². The number of carbonyl (C=O) groups excluding carboxylic acids is 1. The standard InChI is InChI=1S/C20H26ClNO/c1-19(2,3)7-8-20(9-10-22-13-20)18(23)15-11-14-5-4-6-17(21)16(14)12-15/h4-6,12,22H,7-11,13H2,1-3H3. The fraction of sp³-hybridized carbons (Fsp3) is 0.550. The molecule has 1 aliphatic heterocycles. The van der Waals surface area contributed by atoms with Crippen LogP contribution in [-0.4, -0.2) is 18.9 Å². The molecule has 1 saturated heterocycles. The van der Waals surface area contributed by atoms with E-state index < -0.39 is 0 Å². The number of allylic oxidation sites excluding steroid dienone is 1. The van der Waals surface area contributed by atoms with Gasteiger partial charge in [-0.15, -0.1) is 0 Å². The molecule has 23 heavy (non-hydrogen) atoms. The number of halogens is 1. The van der Waals surface area contributed by atoms with Crippen LogP contribution < -0.4 is 5.32 Å². The first-order valence-corrected chi connectivity index (χ1v) is 8.92. The van der Waals surface area contributed by atoms with Crippen LogP contribution in [0.5, 0.6) is 0 Å². The van der Waals surface area contributed by atoms with Crippen molar-refractivity contribution < 1.29 is 4.79 Å². The van der Waals surface area contributed by atoms with Crippen LogP contribution in [0, 0.1) is 10.8 Å². The van der Waals surface area contributed by atoms with Crippen molar-refractivity contribution in [1.29, 1.82) is 0 Å². The van der Waals surface area contributed by atoms with E-state index in [2.05, 4.69) is 32.2 Å². The number of Topliss-reactive ketones (excluding diaryl/α,β-unsaturated/α-hetero) is 1. The summed E-state index contributed by atoms with van der Waals surface area (Å²) in [7, 11) is 0. The Hall–Kier alpha value is -1.12. The maximum Gasteiger partial charge on any atom is 0.166 e. The highest BCUT2D eigenvalue weighted by Gasteiger charge is 2.43. The molecule has 2 aliphatic rings. The normalized spacial score (nSPS) is 23.7. The van der Waals surface area contributed by atoms with Crippen LogP contribution in [0.15, 0.2) is 23.8 Å². The average molecular weight is 332 g/mol. The number of rotatable bonds is 4. The van der Waals surface area contributed by atoms with Crippen LogP contribution in [0.1, 0.15) is 51.2 Å². The van der Waals surface area contributed by atoms with E-state index in [1.165, 1.54) is 5.56 Å². The predicted octanol–water partition coefficient (Wildman–Crippen LogP) is 4.65. The van der Waals surface area contributed by atoms with Gasteiger partial charge in [-0.2, -0.15) is 0 Å². The Kier molecular flexibility index (Phi) is 4.41. The summed E-state index contributed by atoms with van der Waals surface area (Å²) in [5.74, 6) is 0.332. The van der Waals surface area contributed by atoms with Crippen LogP contribution in [0.25, 0.3) is 6.08 Å². The molecule has 1 atom stereocenters. The first-order chi connectivity index (χ1) is 10.8. The van der Waals surface area contributed by atoms with Crippen LogP contribution in [0.3, 0.4) is 0 Å². The lowest BCUT2D eigenvalue weighted by Crippen LogP contribution is -2.35. The maximum atomic E-state index is 13.3. The van der Waals surface area contributed by atoms with Crippen molar-refractivity contribution in [3.8, 4) is 0 Å². The Morgan fingerprint density at radius 2 is 2.13 bits per heavy atom. The molecule has 1 heterocycles. The van der Waals surface area contributed by atoms with Crippen molar-refractivity contribution in [3.63, 3.8) is 0 Å². The Labute approximate surface area is 144 Å². The zero-order valence-electron chi connectivity index (χ0n) is 14.3. The quantitative estimate of drug-likeness (QED) is 0.869. The Bertz CT molecular complexity index is 648. The van der Waals surface area contributed by atoms with E-state index in [-0.39, 0.29) is 10.8 Å². The third-order valence-corrected chi connectivity index (χ3v) is 5.54. The molecule has 0 spiro atoms. The van der Waals surface area contributed by atoms with Gasteiger partial charge in [0.15, 0.2) is 5.78 Å². The smallest absolute Gasteiger partial charge is 0.166 e. The zero-order valence-corrected chi connectivity index (χ0v) is 15.1. The van der Waals surface area contributed by atoms with Gasteiger partial charge < -0.3 is 5.32 Å². The molecule has 0 bridgehead atoms. The van der Waals surface area contributed by atoms with Gasteiger partial charge in [-0.25, -0.2) is 0 Å². The Morgan fingerprint density at radius 3 is 2.74 bits per heavy atom. The van der Waals surface area contributed by atoms with Gasteiger partial charge in [0.05, 0.1) is 0 Å². The van der Waals surface area contributed by atoms with E-state index in [1.807, 2.05) is 18.2 Å². The second-order valence-electron chi connectivity index (χ2n) is 8.26. The first kappa shape index (κ1) is 16.7. The SMILES string of the molecule is CC(C)(C)CCC1(C(=O)C2=Cc3c(Cl)cccc3C2)CCNC1. The predicted molar refractivity (Wildman–Crippen MR) is 96.7 cm³/mol. The van der Waals surface area contributed by atoms with Gasteiger partial charge in [0.1, 0.15) is 0 Å². The largest absolute Gasteiger partial charge is 0.316 e. The molecule has 1 aliphatic carbocycles. The van der Waals surface area contributed by atoms with E-state index in [0.29, 0.717) is 5.78 Å². The van der Waals surface area contributed by atoms with E-state index in [4.69, 9.17) is 11.6 Å². The lowest BCUT2D eigenvalue weighted by atomic mass is 9.72. The number of hydrogen-bond donors (Lipinski definition) is 1. The van der Waals surface area contributed by atoms with Crippen molar-refractivity contribution in [2.75, 3.05) is 13.1 Å². The minimum atomic E-state index is -0.229. The van der Waals surface area contributed by atoms with Crippen LogP contribution >= 0.6 is 11.6 Å². The first-order valence-electron chi connectivity index (χ1n) is 8.54. The monoisotopic (exact) mass is 331 g/mol. The van der Waals surface area contributed by atoms with E-state index in [9.17, 15) is 4.79 Å². The summed E-state index contributed by atoms with van der Waals surface area (Å²) in [6, 6.07) is 5.94. The summed E-state index contributed by atoms with van der Waals surface area (Å²) in [4.78, 5) is 13.3. The van der Waals surface area contributed by atoms with E-state index in [1.54, 1.807) is 0 Å². The molecule has 1 aromatic carbocycles. The third-order valence-electron chi connectivity index (χ3n) is 5.21. The summed E-state index contributed by atoms with van der Waals surface area (Å²) in [5, 5.41) is 4.16. The zero-order chi connectivity index (χ0) is 16.7. The average Bonchev–Trinajstić information content (AvgIpc) is 3.12. The number of hydrogen-bond acceptors (Lipinski definition) is 2. The lowest BCUT2D eigenvalue weighted by molar-refractivity contribution is -0.124. The van der Waals surface area contributed by atoms with Crippen LogP contribution in [-0.2, 0) is 11.2 Å². The topological polar surface area (TPSA) is 29.1 Å². The van der Waals surface area contributed by atoms with Gasteiger partial charge in [-0.3, -0.25) is 4.79 Å². The summed E-state index contributed by atoms with van der Waals surface area (Å²) in [5.41, 5.74) is 3.18. The Morgan fingerprint density at radius 1 is 1.35 bits per heavy atom. The highest BCUT2D eigenvalue weighted by molar-refractivity contribution is 6.32. The van der Waals surface area contributed by atoms with Gasteiger partial charge in [-0.1, -0.05) is 44.5 Å². The maximum absolute atomic E-state index is 13.3. The molecular formula is C20H26ClNO. The number of ketones is 1. The van der Waals surface area contributed by atoms with Gasteiger partial charge in [0, 0.05) is 29.0 Å². The molecule has 0 amide bonds. The number of nitrogens with one attached hydrogen (secondary N) is 1. The lowest BCUT2D eigenvalue weighted by Gasteiger charge is -2.30. The molecule has 3 heteroatoms. The van der Waals surface area contributed by atoms with Crippen LogP contribution in [0.4, 0.5) is 0 Å². The molecule has 1 unspecified atom stereocenters. The number of fused-ring (bicyclic) bond motifs is 1. The highest BCUT2D eigenvalue weighted by Crippen LogP contribution is 2.41. The van der Waals surface area contributed by atoms with E-state index >= 15 is 0 Å². The Balaban J connectivity index is 1.83. The number of benzene rings is 1. The van der Waals surface area contributed by atoms with Crippen molar-refractivity contribution in [2.24, 2.45) is 10.8 Å². The molecule has 0 aromatic heterocycles. The molecule has 124 valence electrons. The third kappa shape index (κ3) is 3.39. The summed E-state index contributed by atoms with van der Waals surface area (Å²) in [6.07, 6.45) is 5.73. The minimum Gasteiger partial charge on any atom is -0.316 e. The summed E-state index contributed by atoms with van der Waals surface area (Å²) in [6.45, 7) is 8.49. The van der Waals surface area contributed by atoms with E-state index in [0.717, 1.165) is 54.9 Å². The molecule has 3 rings (SSSR count). The van der Waals surface area contributed by atoms with Gasteiger partial charge >= 0.3 is 0 Å². The van der Waals surface area contributed by atoms with Crippen molar-refractivity contribution in [1.82, 2.24) is 5.32 Å². The molecule has 1 fully saturated rings. The number of carbonyl (C=O) groups is 1. The minimum absolute atomic E-state index is 0.229. The second kappa shape index (κ2) is 6.07. The molecule has 0 saturated carbocycles. The van der Waals surface area contributed by atoms with Gasteiger partial charge in [-0.05, 0) is 54.5 Å². The fourth-order valence-corrected chi connectivity index (χ4v) is 3.94. The molecule has 0 radical (unpaired) electrons. The van der Waals surface area contributed by atoms with Crippen LogP contribution in [0.2, 0.25) is 5.02 Å². The molecule has 1 N–H and O–H groups in total. The summed E-state index contributed by atoms with van der Waals surface area (Å²) >= 11 is 6.29. The summed E-state index contributed by atoms with van der Waals surface area (Å²) < 4.78 is 0. The van der Waals surface area contributed by atoms with Gasteiger partial charge in [0.25, 0.3) is 0 Å². The molecular weight excluding hydrogens is 306 g/mol. The van der Waals surface area contributed by atoms with Crippen molar-refractivity contribution in [3.05, 3.63) is 39.9 Å². The highest BCUT2D eigenvalue weighted by atomic mass is 35.5.